The minimum atomic E-state index is -0.368. The highest BCUT2D eigenvalue weighted by Crippen LogP contribution is 2.31. The van der Waals surface area contributed by atoms with E-state index >= 15 is 0 Å². The summed E-state index contributed by atoms with van der Waals surface area (Å²) in [5.74, 6) is -0.155. The zero-order valence-corrected chi connectivity index (χ0v) is 15.6. The van der Waals surface area contributed by atoms with Crippen LogP contribution in [0.2, 0.25) is 0 Å². The van der Waals surface area contributed by atoms with Crippen molar-refractivity contribution in [2.45, 2.75) is 6.42 Å². The number of esters is 1. The normalized spacial score (nSPS) is 10.8. The van der Waals surface area contributed by atoms with Crippen molar-refractivity contribution in [1.82, 2.24) is 0 Å². The van der Waals surface area contributed by atoms with Crippen LogP contribution in [-0.2, 0) is 11.2 Å². The molecule has 0 bridgehead atoms. The Balaban J connectivity index is 1.75. The van der Waals surface area contributed by atoms with Gasteiger partial charge < -0.3 is 9.84 Å². The number of carbonyl (C=O) groups is 1. The van der Waals surface area contributed by atoms with Crippen LogP contribution in [0.3, 0.4) is 0 Å². The lowest BCUT2D eigenvalue weighted by Gasteiger charge is -2.13. The summed E-state index contributed by atoms with van der Waals surface area (Å²) < 4.78 is 5.03. The molecular formula is C25H20O3. The molecule has 0 atom stereocenters. The van der Waals surface area contributed by atoms with Gasteiger partial charge in [-0.2, -0.15) is 0 Å². The largest absolute Gasteiger partial charge is 0.508 e. The van der Waals surface area contributed by atoms with E-state index in [1.807, 2.05) is 78.9 Å². The molecule has 3 heteroatoms. The molecule has 0 aliphatic rings. The average Bonchev–Trinajstić information content (AvgIpc) is 2.75. The zero-order valence-electron chi connectivity index (χ0n) is 15.6. The van der Waals surface area contributed by atoms with E-state index in [-0.39, 0.29) is 11.7 Å². The number of methoxy groups -OCH3 is 1. The third kappa shape index (κ3) is 3.35. The maximum absolute atomic E-state index is 12.5. The first-order valence-electron chi connectivity index (χ1n) is 9.13. The number of hydrogen-bond donors (Lipinski definition) is 1. The van der Waals surface area contributed by atoms with Gasteiger partial charge in [0.2, 0.25) is 0 Å². The molecule has 0 fully saturated rings. The van der Waals surface area contributed by atoms with E-state index in [0.29, 0.717) is 12.0 Å². The van der Waals surface area contributed by atoms with E-state index in [1.54, 1.807) is 6.07 Å². The number of aromatic hydroxyl groups is 1. The van der Waals surface area contributed by atoms with E-state index in [2.05, 4.69) is 0 Å². The summed E-state index contributed by atoms with van der Waals surface area (Å²) in [4.78, 5) is 12.5. The minimum Gasteiger partial charge on any atom is -0.508 e. The molecule has 138 valence electrons. The third-order valence-corrected chi connectivity index (χ3v) is 4.98. The van der Waals surface area contributed by atoms with Gasteiger partial charge >= 0.3 is 5.97 Å². The van der Waals surface area contributed by atoms with E-state index in [9.17, 15) is 9.90 Å². The molecule has 4 aromatic rings. The van der Waals surface area contributed by atoms with Gasteiger partial charge in [-0.15, -0.1) is 0 Å². The van der Waals surface area contributed by atoms with Gasteiger partial charge in [0.25, 0.3) is 0 Å². The number of phenolic OH excluding ortho intramolecular Hbond substituents is 1. The highest BCUT2D eigenvalue weighted by molar-refractivity contribution is 6.06. The van der Waals surface area contributed by atoms with Crippen molar-refractivity contribution >= 4 is 16.7 Å². The molecule has 0 aromatic heterocycles. The highest BCUT2D eigenvalue weighted by atomic mass is 16.5. The first-order valence-corrected chi connectivity index (χ1v) is 9.13. The predicted octanol–water partition coefficient (Wildman–Crippen LogP) is 5.59. The summed E-state index contributed by atoms with van der Waals surface area (Å²) in [5, 5.41) is 12.4. The Morgan fingerprint density at radius 2 is 1.54 bits per heavy atom. The molecule has 4 rings (SSSR count). The van der Waals surface area contributed by atoms with E-state index in [4.69, 9.17) is 4.74 Å². The predicted molar refractivity (Wildman–Crippen MR) is 112 cm³/mol. The maximum Gasteiger partial charge on any atom is 0.338 e. The van der Waals surface area contributed by atoms with Gasteiger partial charge in [0.15, 0.2) is 0 Å². The lowest BCUT2D eigenvalue weighted by Crippen LogP contribution is -2.07. The van der Waals surface area contributed by atoms with Crippen molar-refractivity contribution < 1.29 is 14.6 Å². The molecule has 0 radical (unpaired) electrons. The van der Waals surface area contributed by atoms with Gasteiger partial charge in [-0.25, -0.2) is 4.79 Å². The fourth-order valence-corrected chi connectivity index (χ4v) is 3.54. The van der Waals surface area contributed by atoms with Crippen molar-refractivity contribution in [3.05, 3.63) is 102 Å². The van der Waals surface area contributed by atoms with E-state index in [1.165, 1.54) is 7.11 Å². The van der Waals surface area contributed by atoms with Crippen LogP contribution in [0, 0.1) is 0 Å². The number of rotatable bonds is 4. The second kappa shape index (κ2) is 7.57. The van der Waals surface area contributed by atoms with Crippen molar-refractivity contribution in [2.75, 3.05) is 7.11 Å². The first kappa shape index (κ1) is 17.8. The molecule has 3 nitrogen and oxygen atoms in total. The summed E-state index contributed by atoms with van der Waals surface area (Å²) in [6.45, 7) is 0. The Bertz CT molecular complexity index is 1150. The number of fused-ring (bicyclic) bond motifs is 1. The fourth-order valence-electron chi connectivity index (χ4n) is 3.54. The second-order valence-electron chi connectivity index (χ2n) is 6.70. The summed E-state index contributed by atoms with van der Waals surface area (Å²) in [6, 6.07) is 27.2. The molecule has 0 saturated carbocycles. The molecule has 0 saturated heterocycles. The zero-order chi connectivity index (χ0) is 19.5. The Morgan fingerprint density at radius 1 is 0.821 bits per heavy atom. The van der Waals surface area contributed by atoms with Crippen molar-refractivity contribution in [1.29, 1.82) is 0 Å². The number of benzene rings is 4. The van der Waals surface area contributed by atoms with Crippen LogP contribution in [0.25, 0.3) is 21.9 Å². The fraction of sp³-hybridized carbons (Fsp3) is 0.0800. The van der Waals surface area contributed by atoms with Crippen molar-refractivity contribution in [3.8, 4) is 16.9 Å². The molecule has 28 heavy (non-hydrogen) atoms. The number of hydrogen-bond acceptors (Lipinski definition) is 3. The van der Waals surface area contributed by atoms with Crippen LogP contribution >= 0.6 is 0 Å². The Labute approximate surface area is 163 Å². The smallest absolute Gasteiger partial charge is 0.338 e. The quantitative estimate of drug-likeness (QED) is 0.478. The average molecular weight is 368 g/mol. The molecule has 0 unspecified atom stereocenters. The second-order valence-corrected chi connectivity index (χ2v) is 6.70. The maximum atomic E-state index is 12.5. The summed E-state index contributed by atoms with van der Waals surface area (Å²) in [5.41, 5.74) is 4.14. The summed E-state index contributed by atoms with van der Waals surface area (Å²) >= 11 is 0. The van der Waals surface area contributed by atoms with Crippen LogP contribution in [0.1, 0.15) is 21.5 Å². The minimum absolute atomic E-state index is 0.213. The van der Waals surface area contributed by atoms with Gasteiger partial charge in [-0.05, 0) is 39.1 Å². The molecule has 1 N–H and O–H groups in total. The highest BCUT2D eigenvalue weighted by Gasteiger charge is 2.17. The molecule has 4 aromatic carbocycles. The van der Waals surface area contributed by atoms with E-state index < -0.39 is 0 Å². The van der Waals surface area contributed by atoms with Gasteiger partial charge in [0, 0.05) is 6.42 Å². The molecule has 0 amide bonds. The van der Waals surface area contributed by atoms with Crippen LogP contribution in [0.4, 0.5) is 0 Å². The Morgan fingerprint density at radius 3 is 2.29 bits per heavy atom. The topological polar surface area (TPSA) is 46.5 Å². The number of ether oxygens (including phenoxy) is 1. The lowest BCUT2D eigenvalue weighted by atomic mass is 9.93. The monoisotopic (exact) mass is 368 g/mol. The van der Waals surface area contributed by atoms with Crippen LogP contribution in [-0.4, -0.2) is 18.2 Å². The first-order chi connectivity index (χ1) is 13.7. The molecule has 0 spiro atoms. The number of carbonyl (C=O) groups excluding carboxylic acids is 1. The van der Waals surface area contributed by atoms with Crippen LogP contribution < -0.4 is 0 Å². The van der Waals surface area contributed by atoms with Crippen LogP contribution in [0.15, 0.2) is 84.9 Å². The van der Waals surface area contributed by atoms with Gasteiger partial charge in [-0.1, -0.05) is 78.9 Å². The summed E-state index contributed by atoms with van der Waals surface area (Å²) in [6.07, 6.45) is 0.441. The van der Waals surface area contributed by atoms with Gasteiger partial charge in [0.1, 0.15) is 5.75 Å². The molecular weight excluding hydrogens is 348 g/mol. The Kier molecular flexibility index (Phi) is 4.81. The van der Waals surface area contributed by atoms with Gasteiger partial charge in [0.05, 0.1) is 12.7 Å². The molecule has 0 aliphatic heterocycles. The van der Waals surface area contributed by atoms with Gasteiger partial charge in [-0.3, -0.25) is 0 Å². The SMILES string of the molecule is COC(=O)c1c(Cc2ccc(-c3ccccc3)cc2O)ccc2ccccc12. The molecule has 0 aliphatic carbocycles. The van der Waals surface area contributed by atoms with E-state index in [0.717, 1.165) is 33.0 Å². The standard InChI is InChI=1S/C25H20O3/c1-28-25(27)24-21(14-11-18-9-5-6-10-22(18)24)15-20-13-12-19(16-23(20)26)17-7-3-2-4-8-17/h2-14,16,26H,15H2,1H3. The van der Waals surface area contributed by atoms with Crippen molar-refractivity contribution in [3.63, 3.8) is 0 Å². The van der Waals surface area contributed by atoms with Crippen molar-refractivity contribution in [2.24, 2.45) is 0 Å². The van der Waals surface area contributed by atoms with Crippen LogP contribution in [0.5, 0.6) is 5.75 Å². The summed E-state index contributed by atoms with van der Waals surface area (Å²) in [7, 11) is 1.39. The lowest BCUT2D eigenvalue weighted by molar-refractivity contribution is 0.0602. The molecule has 0 heterocycles. The number of phenols is 1. The third-order valence-electron chi connectivity index (χ3n) is 4.98. The Hall–Kier alpha value is -3.59.